The van der Waals surface area contributed by atoms with Crippen LogP contribution in [0.1, 0.15) is 97.2 Å². The Hall–Kier alpha value is -11.6. The van der Waals surface area contributed by atoms with E-state index in [-0.39, 0.29) is 54.4 Å². The topological polar surface area (TPSA) is 63.4 Å². The predicted octanol–water partition coefficient (Wildman–Crippen LogP) is 22.5. The summed E-state index contributed by atoms with van der Waals surface area (Å²) in [5.74, 6) is 2.12. The molecule has 3 aromatic heterocycles. The molecule has 0 saturated carbocycles. The van der Waals surface area contributed by atoms with Crippen molar-refractivity contribution in [1.29, 1.82) is 0 Å². The molecule has 7 heteroatoms. The first-order valence-corrected chi connectivity index (χ1v) is 34.4. The Morgan fingerprint density at radius 3 is 1.28 bits per heavy atom. The van der Waals surface area contributed by atoms with Crippen LogP contribution in [0.5, 0.6) is 17.2 Å². The monoisotopic (exact) mass is 1320 g/mol. The Bertz CT molecular complexity index is 6740. The summed E-state index contributed by atoms with van der Waals surface area (Å²) >= 11 is 0. The van der Waals surface area contributed by atoms with E-state index in [1.165, 1.54) is 174 Å². The van der Waals surface area contributed by atoms with Crippen LogP contribution in [0.15, 0.2) is 255 Å². The third-order valence-electron chi connectivity index (χ3n) is 23.1. The number of H-pyrrole nitrogens is 1. The van der Waals surface area contributed by atoms with Crippen molar-refractivity contribution >= 4 is 140 Å². The second-order valence-corrected chi connectivity index (χ2v) is 29.4. The molecule has 0 bridgehead atoms. The minimum absolute atomic E-state index is 0. The molecule has 18 aromatic rings. The van der Waals surface area contributed by atoms with Gasteiger partial charge in [0.1, 0.15) is 11.5 Å². The predicted molar refractivity (Wildman–Crippen MR) is 426 cm³/mol. The number of pyridine rings is 3. The van der Waals surface area contributed by atoms with Gasteiger partial charge in [-0.15, -0.1) is 0 Å². The van der Waals surface area contributed by atoms with Crippen LogP contribution in [-0.4, -0.2) is 10.1 Å². The second kappa shape index (κ2) is 22.5. The van der Waals surface area contributed by atoms with E-state index in [1.54, 1.807) is 0 Å². The van der Waals surface area contributed by atoms with Gasteiger partial charge in [0.15, 0.2) is 6.20 Å². The summed E-state index contributed by atoms with van der Waals surface area (Å²) in [4.78, 5) is 3.52. The maximum atomic E-state index is 13.4. The molecule has 0 saturated heterocycles. The standard InChI is InChI=1S/2C31H22NO.C30H21NO.3CH4.Be/c1-31(2)24-15-21-14-12-19-8-4-6-10-23(19)29(21)32-17-33-25-16-20-13-11-18-7-3-5-9-22(18)26(20)28(31)27(25)30(24)32;1-31(2)24-16-23-21-9-5-3-7-18(21)13-14-25(23)32-17-33-26-15-20-12-11-19-8-4-6-10-22(19)27(20)29(31)28(26)30(24)32;1-30(2)27-23-14-19-9-4-3-8-18(19)13-21(23)16-31-29(27)26-24(32)15-20-12-11-17-7-5-6-10-22(17)25(20)28(26)30;;;;/h2*3-16H,17H2,1-2H3;3-16,32H,1-2H3;3*1H4;/q2*+1;;;;;+2. The van der Waals surface area contributed by atoms with Gasteiger partial charge in [0.25, 0.3) is 13.5 Å². The van der Waals surface area contributed by atoms with E-state index in [2.05, 4.69) is 305 Å². The minimum Gasteiger partial charge on any atom is -0.872 e. The van der Waals surface area contributed by atoms with Crippen LogP contribution >= 0.6 is 0 Å². The molecule has 15 aromatic carbocycles. The molecular formula is C95H77BeN3O3+4. The molecule has 23 rings (SSSR count). The van der Waals surface area contributed by atoms with Gasteiger partial charge in [-0.2, -0.15) is 9.13 Å². The summed E-state index contributed by atoms with van der Waals surface area (Å²) in [5, 5.41) is 41.0. The van der Waals surface area contributed by atoms with Gasteiger partial charge in [0.05, 0.1) is 21.9 Å². The Labute approximate surface area is 597 Å². The number of aromatic amines is 1. The van der Waals surface area contributed by atoms with Crippen molar-refractivity contribution in [2.45, 2.75) is 93.5 Å². The number of hydrogen-bond donors (Lipinski definition) is 0. The molecule has 0 fully saturated rings. The van der Waals surface area contributed by atoms with E-state index in [0.717, 1.165) is 33.7 Å². The SMILES string of the molecule is C.C.C.CC1(C)c2c([nH+]cc3cc4ccccc4cc23)-c2c([O-])cc3ccc4ccccc4c3c21.CC1(C)c2cc3c4ccccc4ccc3[n+]3c2-c2c(cc4ccc5ccccc5c4c21)OC3.CC1(C)c2cc3ccc4ccccc4c3[n+]3c2-c2c(cc4ccc5ccccc5c4c21)OC3.[Be+2]. The maximum Gasteiger partial charge on any atom is 2.00 e. The zero-order chi connectivity index (χ0) is 65.4. The number of nitrogens with zero attached hydrogens (tertiary/aromatic N) is 2. The summed E-state index contributed by atoms with van der Waals surface area (Å²) in [7, 11) is 0. The zero-order valence-corrected chi connectivity index (χ0v) is 56.0. The number of nitrogens with one attached hydrogen (secondary N) is 1. The van der Waals surface area contributed by atoms with Gasteiger partial charge >= 0.3 is 10.1 Å². The Kier molecular flexibility index (Phi) is 14.1. The van der Waals surface area contributed by atoms with Crippen molar-refractivity contribution in [2.75, 3.05) is 0 Å². The average molecular weight is 1320 g/mol. The van der Waals surface area contributed by atoms with Crippen molar-refractivity contribution in [3.05, 3.63) is 288 Å². The van der Waals surface area contributed by atoms with Crippen molar-refractivity contribution in [2.24, 2.45) is 0 Å². The molecule has 1 N–H and O–H groups in total. The molecule has 0 atom stereocenters. The molecule has 0 amide bonds. The molecule has 5 heterocycles. The number of hydrogen-bond acceptors (Lipinski definition) is 3. The summed E-state index contributed by atoms with van der Waals surface area (Å²) in [6, 6.07) is 89.7. The number of aromatic nitrogens is 3. The van der Waals surface area contributed by atoms with Gasteiger partial charge in [-0.05, 0) is 168 Å². The summed E-state index contributed by atoms with van der Waals surface area (Å²) in [6.07, 6.45) is 2.05. The van der Waals surface area contributed by atoms with Gasteiger partial charge in [-0.1, -0.05) is 258 Å². The van der Waals surface area contributed by atoms with Crippen LogP contribution in [0.3, 0.4) is 0 Å². The van der Waals surface area contributed by atoms with Crippen molar-refractivity contribution < 1.29 is 28.7 Å². The van der Waals surface area contributed by atoms with Crippen molar-refractivity contribution in [3.8, 4) is 51.0 Å². The van der Waals surface area contributed by atoms with Gasteiger partial charge < -0.3 is 14.6 Å². The normalized spacial score (nSPS) is 14.4. The Balaban J connectivity index is 0.000000112. The van der Waals surface area contributed by atoms with Crippen molar-refractivity contribution in [1.82, 2.24) is 0 Å². The third-order valence-corrected chi connectivity index (χ3v) is 23.1. The first-order valence-electron chi connectivity index (χ1n) is 34.4. The molecule has 488 valence electrons. The van der Waals surface area contributed by atoms with Crippen LogP contribution < -0.4 is 28.7 Å². The van der Waals surface area contributed by atoms with Crippen LogP contribution in [0, 0.1) is 0 Å². The molecule has 0 radical (unpaired) electrons. The molecule has 5 aliphatic rings. The van der Waals surface area contributed by atoms with Crippen LogP contribution in [0.2, 0.25) is 0 Å². The zero-order valence-electron chi connectivity index (χ0n) is 56.0. The van der Waals surface area contributed by atoms with Crippen LogP contribution in [-0.2, 0) is 29.7 Å². The van der Waals surface area contributed by atoms with E-state index in [0.29, 0.717) is 13.5 Å². The molecule has 0 unspecified atom stereocenters. The second-order valence-electron chi connectivity index (χ2n) is 29.4. The quantitative estimate of drug-likeness (QED) is 0.0658. The van der Waals surface area contributed by atoms with Gasteiger partial charge in [0.2, 0.25) is 28.1 Å². The average Bonchev–Trinajstić information content (AvgIpc) is 1.56. The molecule has 3 aliphatic carbocycles. The summed E-state index contributed by atoms with van der Waals surface area (Å²) < 4.78 is 17.8. The first-order chi connectivity index (χ1) is 47.8. The van der Waals surface area contributed by atoms with E-state index < -0.39 is 0 Å². The van der Waals surface area contributed by atoms with E-state index in [4.69, 9.17) is 9.47 Å². The number of fused-ring (bicyclic) bond motifs is 26. The molecule has 2 aliphatic heterocycles. The smallest absolute Gasteiger partial charge is 0.872 e. The molecule has 102 heavy (non-hydrogen) atoms. The largest absolute Gasteiger partial charge is 2.00 e. The third kappa shape index (κ3) is 8.48. The van der Waals surface area contributed by atoms with Gasteiger partial charge in [-0.3, -0.25) is 0 Å². The molecule has 6 nitrogen and oxygen atoms in total. The van der Waals surface area contributed by atoms with E-state index in [9.17, 15) is 5.11 Å². The first kappa shape index (κ1) is 63.9. The Morgan fingerprint density at radius 2 is 0.735 bits per heavy atom. The number of ether oxygens (including phenoxy) is 2. The molecule has 0 spiro atoms. The maximum absolute atomic E-state index is 13.4. The van der Waals surface area contributed by atoms with Gasteiger partial charge in [-0.25, -0.2) is 4.98 Å². The Morgan fingerprint density at radius 1 is 0.333 bits per heavy atom. The van der Waals surface area contributed by atoms with E-state index in [1.807, 2.05) is 6.07 Å². The number of benzene rings is 15. The summed E-state index contributed by atoms with van der Waals surface area (Å²) in [6.45, 7) is 15.1. The minimum atomic E-state index is -0.314. The van der Waals surface area contributed by atoms with Crippen LogP contribution in [0.4, 0.5) is 0 Å². The van der Waals surface area contributed by atoms with Crippen molar-refractivity contribution in [3.63, 3.8) is 0 Å². The number of rotatable bonds is 0. The van der Waals surface area contributed by atoms with E-state index >= 15 is 0 Å². The van der Waals surface area contributed by atoms with Crippen LogP contribution in [0.25, 0.3) is 163 Å². The fourth-order valence-electron chi connectivity index (χ4n) is 18.8. The fourth-order valence-corrected chi connectivity index (χ4v) is 18.8. The summed E-state index contributed by atoms with van der Waals surface area (Å²) in [5.41, 5.74) is 16.9. The fraction of sp³-hybridized carbons (Fsp3) is 0.147. The van der Waals surface area contributed by atoms with Gasteiger partial charge in [0, 0.05) is 55.3 Å². The molecular weight excluding hydrogens is 1240 g/mol.